The summed E-state index contributed by atoms with van der Waals surface area (Å²) in [4.78, 5) is 13.8. The number of carbonyl (C=O) groups is 1. The third-order valence-electron chi connectivity index (χ3n) is 3.73. The molecular formula is C14H17F3N2O2. The number of methoxy groups -OCH3 is 1. The molecule has 1 aromatic carbocycles. The van der Waals surface area contributed by atoms with Crippen LogP contribution in [0.2, 0.25) is 0 Å². The predicted octanol–water partition coefficient (Wildman–Crippen LogP) is 2.69. The number of anilines is 1. The Morgan fingerprint density at radius 3 is 2.48 bits per heavy atom. The number of nitrogen functional groups attached to an aromatic ring is 1. The van der Waals surface area contributed by atoms with Gasteiger partial charge >= 0.3 is 6.18 Å². The zero-order valence-electron chi connectivity index (χ0n) is 11.6. The number of para-hydroxylation sites is 1. The summed E-state index contributed by atoms with van der Waals surface area (Å²) < 4.78 is 43.0. The van der Waals surface area contributed by atoms with Crippen LogP contribution in [0.5, 0.6) is 5.75 Å². The lowest BCUT2D eigenvalue weighted by Crippen LogP contribution is -2.42. The third-order valence-corrected chi connectivity index (χ3v) is 3.73. The molecule has 21 heavy (non-hydrogen) atoms. The van der Waals surface area contributed by atoms with Crippen LogP contribution in [0.4, 0.5) is 18.9 Å². The van der Waals surface area contributed by atoms with E-state index in [-0.39, 0.29) is 43.2 Å². The van der Waals surface area contributed by atoms with Crippen molar-refractivity contribution in [2.45, 2.75) is 19.0 Å². The number of hydrogen-bond donors (Lipinski definition) is 1. The SMILES string of the molecule is COc1c(N)cccc1C(=O)N1CCC(C(F)(F)F)CC1. The normalized spacial score (nSPS) is 16.9. The number of rotatable bonds is 2. The van der Waals surface area contributed by atoms with Crippen molar-refractivity contribution in [3.05, 3.63) is 23.8 Å². The number of ether oxygens (including phenoxy) is 1. The van der Waals surface area contributed by atoms with E-state index in [2.05, 4.69) is 0 Å². The number of nitrogens with zero attached hydrogens (tertiary/aromatic N) is 1. The summed E-state index contributed by atoms with van der Waals surface area (Å²) in [6.45, 7) is 0.169. The maximum Gasteiger partial charge on any atom is 0.391 e. The fourth-order valence-corrected chi connectivity index (χ4v) is 2.53. The smallest absolute Gasteiger partial charge is 0.391 e. The molecule has 1 aromatic rings. The summed E-state index contributed by atoms with van der Waals surface area (Å²) in [5.41, 5.74) is 6.34. The van der Waals surface area contributed by atoms with Gasteiger partial charge in [0.1, 0.15) is 0 Å². The van der Waals surface area contributed by atoms with Crippen LogP contribution in [0.15, 0.2) is 18.2 Å². The molecule has 4 nitrogen and oxygen atoms in total. The van der Waals surface area contributed by atoms with Gasteiger partial charge in [-0.05, 0) is 25.0 Å². The Kier molecular flexibility index (Phi) is 4.29. The van der Waals surface area contributed by atoms with Crippen LogP contribution in [-0.2, 0) is 0 Å². The molecule has 0 atom stereocenters. The van der Waals surface area contributed by atoms with Crippen LogP contribution in [0.25, 0.3) is 0 Å². The van der Waals surface area contributed by atoms with Crippen LogP contribution < -0.4 is 10.5 Å². The summed E-state index contributed by atoms with van der Waals surface area (Å²) in [7, 11) is 1.40. The van der Waals surface area contributed by atoms with Crippen molar-refractivity contribution in [2.75, 3.05) is 25.9 Å². The van der Waals surface area contributed by atoms with E-state index in [1.165, 1.54) is 12.0 Å². The van der Waals surface area contributed by atoms with Crippen molar-refractivity contribution >= 4 is 11.6 Å². The number of carbonyl (C=O) groups excluding carboxylic acids is 1. The Morgan fingerprint density at radius 2 is 1.95 bits per heavy atom. The summed E-state index contributed by atoms with van der Waals surface area (Å²) >= 11 is 0. The molecule has 1 saturated heterocycles. The van der Waals surface area contributed by atoms with Gasteiger partial charge in [0.15, 0.2) is 5.75 Å². The summed E-state index contributed by atoms with van der Waals surface area (Å²) in [6.07, 6.45) is -4.33. The van der Waals surface area contributed by atoms with Gasteiger partial charge in [0.2, 0.25) is 0 Å². The average molecular weight is 302 g/mol. The van der Waals surface area contributed by atoms with Crippen molar-refractivity contribution in [3.63, 3.8) is 0 Å². The largest absolute Gasteiger partial charge is 0.494 e. The molecule has 1 fully saturated rings. The molecule has 1 amide bonds. The molecule has 0 aliphatic carbocycles. The molecular weight excluding hydrogens is 285 g/mol. The highest BCUT2D eigenvalue weighted by Crippen LogP contribution is 2.35. The van der Waals surface area contributed by atoms with E-state index in [0.717, 1.165) is 0 Å². The lowest BCUT2D eigenvalue weighted by Gasteiger charge is -2.33. The molecule has 0 unspecified atom stereocenters. The molecule has 2 N–H and O–H groups in total. The minimum Gasteiger partial charge on any atom is -0.494 e. The van der Waals surface area contributed by atoms with E-state index in [0.29, 0.717) is 5.69 Å². The lowest BCUT2D eigenvalue weighted by molar-refractivity contribution is -0.183. The maximum atomic E-state index is 12.6. The molecule has 0 radical (unpaired) electrons. The van der Waals surface area contributed by atoms with Crippen molar-refractivity contribution in [1.29, 1.82) is 0 Å². The first-order valence-corrected chi connectivity index (χ1v) is 6.63. The first kappa shape index (κ1) is 15.5. The number of nitrogens with two attached hydrogens (primary N) is 1. The monoisotopic (exact) mass is 302 g/mol. The van der Waals surface area contributed by atoms with E-state index in [4.69, 9.17) is 10.5 Å². The molecule has 1 aliphatic heterocycles. The van der Waals surface area contributed by atoms with Crippen LogP contribution in [0.3, 0.4) is 0 Å². The molecule has 1 heterocycles. The summed E-state index contributed by atoms with van der Waals surface area (Å²) in [6, 6.07) is 4.78. The Morgan fingerprint density at radius 1 is 1.33 bits per heavy atom. The molecule has 0 spiro atoms. The van der Waals surface area contributed by atoms with Crippen LogP contribution >= 0.6 is 0 Å². The van der Waals surface area contributed by atoms with Gasteiger partial charge in [-0.1, -0.05) is 6.07 Å². The van der Waals surface area contributed by atoms with Crippen LogP contribution in [0.1, 0.15) is 23.2 Å². The molecule has 1 aliphatic rings. The standard InChI is InChI=1S/C14H17F3N2O2/c1-21-12-10(3-2-4-11(12)18)13(20)19-7-5-9(6-8-19)14(15,16)17/h2-4,9H,5-8,18H2,1H3. The topological polar surface area (TPSA) is 55.6 Å². The number of halogens is 3. The maximum absolute atomic E-state index is 12.6. The van der Waals surface area contributed by atoms with Gasteiger partial charge in [-0.25, -0.2) is 0 Å². The Balaban J connectivity index is 2.11. The molecule has 2 rings (SSSR count). The van der Waals surface area contributed by atoms with Gasteiger partial charge in [0.05, 0.1) is 24.3 Å². The van der Waals surface area contributed by atoms with E-state index >= 15 is 0 Å². The third kappa shape index (κ3) is 3.22. The zero-order chi connectivity index (χ0) is 15.6. The molecule has 0 aromatic heterocycles. The number of likely N-dealkylation sites (tertiary alicyclic amines) is 1. The average Bonchev–Trinajstić information content (AvgIpc) is 2.45. The highest BCUT2D eigenvalue weighted by atomic mass is 19.4. The highest BCUT2D eigenvalue weighted by Gasteiger charge is 2.41. The number of alkyl halides is 3. The van der Waals surface area contributed by atoms with Crippen molar-refractivity contribution in [2.24, 2.45) is 5.92 Å². The van der Waals surface area contributed by atoms with E-state index in [9.17, 15) is 18.0 Å². The van der Waals surface area contributed by atoms with Crippen molar-refractivity contribution in [1.82, 2.24) is 4.90 Å². The van der Waals surface area contributed by atoms with E-state index in [1.807, 2.05) is 0 Å². The van der Waals surface area contributed by atoms with Gasteiger partial charge in [0, 0.05) is 13.1 Å². The second-order valence-electron chi connectivity index (χ2n) is 5.04. The quantitative estimate of drug-likeness (QED) is 0.855. The molecule has 7 heteroatoms. The zero-order valence-corrected chi connectivity index (χ0v) is 11.6. The van der Waals surface area contributed by atoms with Gasteiger partial charge in [-0.15, -0.1) is 0 Å². The first-order chi connectivity index (χ1) is 9.84. The van der Waals surface area contributed by atoms with Crippen LogP contribution in [0, 0.1) is 5.92 Å². The number of piperidine rings is 1. The Labute approximate surface area is 120 Å². The fraction of sp³-hybridized carbons (Fsp3) is 0.500. The van der Waals surface area contributed by atoms with E-state index < -0.39 is 12.1 Å². The van der Waals surface area contributed by atoms with Crippen molar-refractivity contribution < 1.29 is 22.7 Å². The second kappa shape index (κ2) is 5.83. The van der Waals surface area contributed by atoms with Gasteiger partial charge in [0.25, 0.3) is 5.91 Å². The summed E-state index contributed by atoms with van der Waals surface area (Å²) in [5.74, 6) is -1.41. The second-order valence-corrected chi connectivity index (χ2v) is 5.04. The fourth-order valence-electron chi connectivity index (χ4n) is 2.53. The first-order valence-electron chi connectivity index (χ1n) is 6.63. The predicted molar refractivity (Wildman–Crippen MR) is 72.1 cm³/mol. The number of amides is 1. The Bertz CT molecular complexity index is 523. The molecule has 116 valence electrons. The molecule has 0 saturated carbocycles. The minimum atomic E-state index is -4.19. The Hall–Kier alpha value is -1.92. The molecule has 0 bridgehead atoms. The van der Waals surface area contributed by atoms with Gasteiger partial charge in [-0.2, -0.15) is 13.2 Å². The van der Waals surface area contributed by atoms with Gasteiger partial charge in [-0.3, -0.25) is 4.79 Å². The van der Waals surface area contributed by atoms with Gasteiger partial charge < -0.3 is 15.4 Å². The number of benzene rings is 1. The number of hydrogen-bond acceptors (Lipinski definition) is 3. The lowest BCUT2D eigenvalue weighted by atomic mass is 9.95. The van der Waals surface area contributed by atoms with Crippen molar-refractivity contribution in [3.8, 4) is 5.75 Å². The van der Waals surface area contributed by atoms with E-state index in [1.54, 1.807) is 18.2 Å². The van der Waals surface area contributed by atoms with Crippen LogP contribution in [-0.4, -0.2) is 37.2 Å². The summed E-state index contributed by atoms with van der Waals surface area (Å²) in [5, 5.41) is 0. The highest BCUT2D eigenvalue weighted by molar-refractivity contribution is 5.98. The minimum absolute atomic E-state index is 0.0696.